The third-order valence-corrected chi connectivity index (χ3v) is 3.27. The molecular weight excluding hydrogens is 264 g/mol. The van der Waals surface area contributed by atoms with Crippen molar-refractivity contribution in [2.75, 3.05) is 6.61 Å². The zero-order valence-electron chi connectivity index (χ0n) is 11.8. The van der Waals surface area contributed by atoms with Crippen LogP contribution in [-0.2, 0) is 6.42 Å². The Balaban J connectivity index is 1.83. The van der Waals surface area contributed by atoms with Crippen molar-refractivity contribution in [3.05, 3.63) is 76.3 Å². The lowest BCUT2D eigenvalue weighted by molar-refractivity contribution is 0.323. The van der Waals surface area contributed by atoms with E-state index in [-0.39, 0.29) is 5.56 Å². The number of benzene rings is 1. The van der Waals surface area contributed by atoms with Gasteiger partial charge in [0.1, 0.15) is 0 Å². The van der Waals surface area contributed by atoms with Crippen molar-refractivity contribution in [1.29, 1.82) is 0 Å². The fourth-order valence-corrected chi connectivity index (χ4v) is 2.25. The quantitative estimate of drug-likeness (QED) is 0.738. The molecule has 3 rings (SSSR count). The minimum atomic E-state index is -0.0917. The van der Waals surface area contributed by atoms with Crippen LogP contribution in [0.25, 0.3) is 5.65 Å². The first kappa shape index (κ1) is 13.4. The number of ether oxygens (including phenoxy) is 1. The van der Waals surface area contributed by atoms with Crippen LogP contribution in [0.15, 0.2) is 59.5 Å². The molecule has 0 aliphatic heterocycles. The Morgan fingerprint density at radius 2 is 1.95 bits per heavy atom. The van der Waals surface area contributed by atoms with E-state index in [0.717, 1.165) is 6.42 Å². The molecule has 0 bridgehead atoms. The minimum Gasteiger partial charge on any atom is -0.489 e. The Labute approximate surface area is 122 Å². The second-order valence-corrected chi connectivity index (χ2v) is 4.89. The van der Waals surface area contributed by atoms with Gasteiger partial charge in [0.15, 0.2) is 11.4 Å². The largest absolute Gasteiger partial charge is 0.489 e. The summed E-state index contributed by atoms with van der Waals surface area (Å²) in [5, 5.41) is 0. The van der Waals surface area contributed by atoms with E-state index in [1.54, 1.807) is 12.3 Å². The van der Waals surface area contributed by atoms with E-state index >= 15 is 0 Å². The summed E-state index contributed by atoms with van der Waals surface area (Å²) in [6, 6.07) is 15.3. The van der Waals surface area contributed by atoms with Crippen LogP contribution in [0.1, 0.15) is 11.3 Å². The van der Waals surface area contributed by atoms with Crippen LogP contribution in [0.5, 0.6) is 5.75 Å². The Morgan fingerprint density at radius 1 is 1.14 bits per heavy atom. The molecule has 4 heteroatoms. The third-order valence-electron chi connectivity index (χ3n) is 3.27. The van der Waals surface area contributed by atoms with Crippen molar-refractivity contribution in [3.8, 4) is 5.75 Å². The van der Waals surface area contributed by atoms with Crippen molar-refractivity contribution in [3.63, 3.8) is 0 Å². The van der Waals surface area contributed by atoms with Crippen molar-refractivity contribution in [2.24, 2.45) is 0 Å². The van der Waals surface area contributed by atoms with Gasteiger partial charge in [-0.15, -0.1) is 0 Å². The van der Waals surface area contributed by atoms with E-state index in [1.807, 2.05) is 31.2 Å². The van der Waals surface area contributed by atoms with E-state index in [2.05, 4.69) is 17.1 Å². The van der Waals surface area contributed by atoms with Crippen LogP contribution >= 0.6 is 0 Å². The number of nitrogens with zero attached hydrogens (tertiary/aromatic N) is 2. The highest BCUT2D eigenvalue weighted by Crippen LogP contribution is 2.16. The van der Waals surface area contributed by atoms with Crippen LogP contribution in [0.2, 0.25) is 0 Å². The average molecular weight is 280 g/mol. The highest BCUT2D eigenvalue weighted by molar-refractivity contribution is 5.53. The maximum atomic E-state index is 11.9. The van der Waals surface area contributed by atoms with Gasteiger partial charge in [-0.3, -0.25) is 9.20 Å². The average Bonchev–Trinajstić information content (AvgIpc) is 2.49. The first-order chi connectivity index (χ1) is 10.2. The number of fused-ring (bicyclic) bond motifs is 1. The Kier molecular flexibility index (Phi) is 3.69. The highest BCUT2D eigenvalue weighted by atomic mass is 16.5. The fraction of sp³-hybridized carbons (Fsp3) is 0.176. The molecule has 0 spiro atoms. The zero-order chi connectivity index (χ0) is 14.7. The van der Waals surface area contributed by atoms with Crippen molar-refractivity contribution in [1.82, 2.24) is 9.38 Å². The van der Waals surface area contributed by atoms with Crippen LogP contribution in [0.3, 0.4) is 0 Å². The molecule has 0 N–H and O–H groups in total. The van der Waals surface area contributed by atoms with E-state index in [4.69, 9.17) is 4.74 Å². The van der Waals surface area contributed by atoms with Crippen LogP contribution in [0, 0.1) is 6.92 Å². The Bertz CT molecular complexity index is 810. The SMILES string of the molecule is Cc1cc(=O)n2cccc(OCCc3ccccc3)c2n1. The molecule has 0 amide bonds. The molecule has 106 valence electrons. The predicted molar refractivity (Wildman–Crippen MR) is 81.8 cm³/mol. The normalized spacial score (nSPS) is 10.7. The summed E-state index contributed by atoms with van der Waals surface area (Å²) in [5.74, 6) is 0.634. The van der Waals surface area contributed by atoms with Gasteiger partial charge in [0, 0.05) is 24.4 Å². The molecule has 21 heavy (non-hydrogen) atoms. The topological polar surface area (TPSA) is 43.6 Å². The zero-order valence-corrected chi connectivity index (χ0v) is 11.8. The van der Waals surface area contributed by atoms with Crippen LogP contribution in [0.4, 0.5) is 0 Å². The molecule has 3 aromatic rings. The minimum absolute atomic E-state index is 0.0917. The molecule has 0 aliphatic carbocycles. The maximum absolute atomic E-state index is 11.9. The van der Waals surface area contributed by atoms with E-state index in [1.165, 1.54) is 16.0 Å². The van der Waals surface area contributed by atoms with Gasteiger partial charge in [0.2, 0.25) is 0 Å². The summed E-state index contributed by atoms with van der Waals surface area (Å²) in [5.41, 5.74) is 2.39. The van der Waals surface area contributed by atoms with E-state index in [0.29, 0.717) is 23.7 Å². The van der Waals surface area contributed by atoms with Crippen molar-refractivity contribution >= 4 is 5.65 Å². The molecule has 2 aromatic heterocycles. The van der Waals surface area contributed by atoms with Gasteiger partial charge in [-0.25, -0.2) is 4.98 Å². The second-order valence-electron chi connectivity index (χ2n) is 4.89. The molecule has 2 heterocycles. The standard InChI is InChI=1S/C17H16N2O2/c1-13-12-16(20)19-10-5-8-15(17(19)18-13)21-11-9-14-6-3-2-4-7-14/h2-8,10,12H,9,11H2,1H3. The molecule has 0 atom stereocenters. The first-order valence-corrected chi connectivity index (χ1v) is 6.90. The van der Waals surface area contributed by atoms with Gasteiger partial charge in [-0.2, -0.15) is 0 Å². The predicted octanol–water partition coefficient (Wildman–Crippen LogP) is 2.62. The van der Waals surface area contributed by atoms with Gasteiger partial charge in [0.25, 0.3) is 5.56 Å². The number of hydrogen-bond donors (Lipinski definition) is 0. The summed E-state index contributed by atoms with van der Waals surface area (Å²) < 4.78 is 7.32. The second kappa shape index (κ2) is 5.79. The molecule has 0 fully saturated rings. The van der Waals surface area contributed by atoms with Crippen LogP contribution in [-0.4, -0.2) is 16.0 Å². The smallest absolute Gasteiger partial charge is 0.258 e. The summed E-state index contributed by atoms with van der Waals surface area (Å²) in [6.07, 6.45) is 2.52. The fourth-order valence-electron chi connectivity index (χ4n) is 2.25. The molecule has 0 saturated carbocycles. The van der Waals surface area contributed by atoms with Crippen molar-refractivity contribution in [2.45, 2.75) is 13.3 Å². The Morgan fingerprint density at radius 3 is 2.76 bits per heavy atom. The molecular formula is C17H16N2O2. The van der Waals surface area contributed by atoms with E-state index in [9.17, 15) is 4.79 Å². The van der Waals surface area contributed by atoms with Crippen LogP contribution < -0.4 is 10.3 Å². The third kappa shape index (κ3) is 2.94. The maximum Gasteiger partial charge on any atom is 0.258 e. The number of pyridine rings is 1. The number of aryl methyl sites for hydroxylation is 1. The monoisotopic (exact) mass is 280 g/mol. The molecule has 0 aliphatic rings. The van der Waals surface area contributed by atoms with Gasteiger partial charge >= 0.3 is 0 Å². The Hall–Kier alpha value is -2.62. The summed E-state index contributed by atoms with van der Waals surface area (Å²) in [7, 11) is 0. The lowest BCUT2D eigenvalue weighted by Gasteiger charge is -2.09. The summed E-state index contributed by atoms with van der Waals surface area (Å²) in [4.78, 5) is 16.3. The highest BCUT2D eigenvalue weighted by Gasteiger charge is 2.06. The summed E-state index contributed by atoms with van der Waals surface area (Å²) >= 11 is 0. The van der Waals surface area contributed by atoms with Gasteiger partial charge in [0.05, 0.1) is 6.61 Å². The number of hydrogen-bond acceptors (Lipinski definition) is 3. The molecule has 4 nitrogen and oxygen atoms in total. The van der Waals surface area contributed by atoms with E-state index < -0.39 is 0 Å². The van der Waals surface area contributed by atoms with Gasteiger partial charge < -0.3 is 4.74 Å². The lowest BCUT2D eigenvalue weighted by atomic mass is 10.2. The summed E-state index contributed by atoms with van der Waals surface area (Å²) in [6.45, 7) is 2.36. The number of aromatic nitrogens is 2. The lowest BCUT2D eigenvalue weighted by Crippen LogP contribution is -2.15. The molecule has 0 saturated heterocycles. The van der Waals surface area contributed by atoms with Gasteiger partial charge in [-0.05, 0) is 24.6 Å². The molecule has 1 aromatic carbocycles. The van der Waals surface area contributed by atoms with Gasteiger partial charge in [-0.1, -0.05) is 30.3 Å². The molecule has 0 radical (unpaired) electrons. The number of rotatable bonds is 4. The molecule has 0 unspecified atom stereocenters. The van der Waals surface area contributed by atoms with Crippen molar-refractivity contribution < 1.29 is 4.74 Å². The first-order valence-electron chi connectivity index (χ1n) is 6.90.